The highest BCUT2D eigenvalue weighted by molar-refractivity contribution is 6.03. The van der Waals surface area contributed by atoms with E-state index in [-0.39, 0.29) is 11.4 Å². The van der Waals surface area contributed by atoms with Crippen molar-refractivity contribution in [1.29, 1.82) is 5.26 Å². The maximum absolute atomic E-state index is 13.2. The summed E-state index contributed by atoms with van der Waals surface area (Å²) in [6, 6.07) is 15.1. The predicted octanol–water partition coefficient (Wildman–Crippen LogP) is 4.23. The molecule has 1 amide bonds. The fraction of sp³-hybridized carbons (Fsp3) is 0. The number of anilines is 3. The number of rotatable bonds is 4. The third-order valence-electron chi connectivity index (χ3n) is 3.49. The highest BCUT2D eigenvalue weighted by Crippen LogP contribution is 2.18. The molecule has 1 heterocycles. The third-order valence-corrected chi connectivity index (χ3v) is 3.49. The first-order chi connectivity index (χ1) is 12.5. The number of nitriles is 1. The molecule has 0 unspecified atom stereocenters. The van der Waals surface area contributed by atoms with Crippen molar-refractivity contribution in [1.82, 2.24) is 4.98 Å². The van der Waals surface area contributed by atoms with Gasteiger partial charge in [-0.2, -0.15) is 5.26 Å². The summed E-state index contributed by atoms with van der Waals surface area (Å²) in [6.07, 6.45) is 1.51. The average molecular weight is 350 g/mol. The summed E-state index contributed by atoms with van der Waals surface area (Å²) in [5.41, 5.74) is 2.01. The van der Waals surface area contributed by atoms with Crippen molar-refractivity contribution >= 4 is 23.1 Å². The Bertz CT molecular complexity index is 980. The van der Waals surface area contributed by atoms with Gasteiger partial charge in [-0.05, 0) is 54.6 Å². The molecule has 5 nitrogen and oxygen atoms in total. The second-order valence-electron chi connectivity index (χ2n) is 5.33. The minimum Gasteiger partial charge on any atom is -0.354 e. The van der Waals surface area contributed by atoms with E-state index in [9.17, 15) is 13.6 Å². The van der Waals surface area contributed by atoms with E-state index < -0.39 is 17.5 Å². The van der Waals surface area contributed by atoms with Gasteiger partial charge in [-0.1, -0.05) is 0 Å². The van der Waals surface area contributed by atoms with Crippen LogP contribution >= 0.6 is 0 Å². The van der Waals surface area contributed by atoms with Gasteiger partial charge in [0.25, 0.3) is 5.91 Å². The number of hydrogen-bond acceptors (Lipinski definition) is 4. The van der Waals surface area contributed by atoms with Crippen molar-refractivity contribution in [3.05, 3.63) is 83.6 Å². The van der Waals surface area contributed by atoms with Crippen molar-refractivity contribution in [3.8, 4) is 6.07 Å². The molecule has 128 valence electrons. The summed E-state index contributed by atoms with van der Waals surface area (Å²) < 4.78 is 26.1. The molecule has 1 aromatic heterocycles. The highest BCUT2D eigenvalue weighted by atomic mass is 19.2. The average Bonchev–Trinajstić information content (AvgIpc) is 2.66. The van der Waals surface area contributed by atoms with Crippen LogP contribution < -0.4 is 10.6 Å². The fourth-order valence-electron chi connectivity index (χ4n) is 2.16. The molecular formula is C19H12F2N4O. The minimum absolute atomic E-state index is 0.00881. The smallest absolute Gasteiger partial charge is 0.256 e. The Morgan fingerprint density at radius 1 is 0.962 bits per heavy atom. The number of nitrogens with zero attached hydrogens (tertiary/aromatic N) is 2. The standard InChI is InChI=1S/C19H12F2N4O/c20-16-7-3-13(9-17(16)21)19(26)25-18-8-6-15(11-23-18)24-14-4-1-12(10-22)2-5-14/h1-9,11,24H,(H,23,25,26). The third kappa shape index (κ3) is 3.99. The van der Waals surface area contributed by atoms with E-state index in [2.05, 4.69) is 15.6 Å². The number of hydrogen-bond donors (Lipinski definition) is 2. The number of pyridine rings is 1. The molecule has 0 radical (unpaired) electrons. The van der Waals surface area contributed by atoms with Crippen LogP contribution in [0.1, 0.15) is 15.9 Å². The van der Waals surface area contributed by atoms with Crippen LogP contribution in [-0.2, 0) is 0 Å². The molecule has 0 saturated heterocycles. The van der Waals surface area contributed by atoms with Gasteiger partial charge in [-0.3, -0.25) is 4.79 Å². The Hall–Kier alpha value is -3.79. The van der Waals surface area contributed by atoms with E-state index in [1.807, 2.05) is 6.07 Å². The molecular weight excluding hydrogens is 338 g/mol. The number of carbonyl (C=O) groups is 1. The Morgan fingerprint density at radius 3 is 2.31 bits per heavy atom. The normalized spacial score (nSPS) is 10.0. The lowest BCUT2D eigenvalue weighted by Gasteiger charge is -2.08. The van der Waals surface area contributed by atoms with Crippen molar-refractivity contribution in [2.45, 2.75) is 0 Å². The van der Waals surface area contributed by atoms with Crippen LogP contribution in [0.2, 0.25) is 0 Å². The number of halogens is 2. The van der Waals surface area contributed by atoms with Crippen LogP contribution in [0.4, 0.5) is 26.0 Å². The number of aromatic nitrogens is 1. The van der Waals surface area contributed by atoms with Crippen molar-refractivity contribution in [2.75, 3.05) is 10.6 Å². The molecule has 0 aliphatic heterocycles. The quantitative estimate of drug-likeness (QED) is 0.738. The Labute approximate surface area is 147 Å². The zero-order chi connectivity index (χ0) is 18.5. The molecule has 7 heteroatoms. The van der Waals surface area contributed by atoms with Gasteiger partial charge in [0.15, 0.2) is 11.6 Å². The molecule has 0 saturated carbocycles. The van der Waals surface area contributed by atoms with Crippen molar-refractivity contribution in [2.24, 2.45) is 0 Å². The summed E-state index contributed by atoms with van der Waals surface area (Å²) in [4.78, 5) is 16.1. The zero-order valence-corrected chi connectivity index (χ0v) is 13.3. The molecule has 3 aromatic rings. The molecule has 0 spiro atoms. The van der Waals surface area contributed by atoms with Gasteiger partial charge in [0.2, 0.25) is 0 Å². The lowest BCUT2D eigenvalue weighted by Crippen LogP contribution is -2.13. The summed E-state index contributed by atoms with van der Waals surface area (Å²) in [6.45, 7) is 0. The SMILES string of the molecule is N#Cc1ccc(Nc2ccc(NC(=O)c3ccc(F)c(F)c3)nc2)cc1. The van der Waals surface area contributed by atoms with Gasteiger partial charge in [-0.15, -0.1) is 0 Å². The Morgan fingerprint density at radius 2 is 1.69 bits per heavy atom. The maximum atomic E-state index is 13.2. The second kappa shape index (κ2) is 7.40. The van der Waals surface area contributed by atoms with E-state index in [0.717, 1.165) is 17.8 Å². The van der Waals surface area contributed by atoms with Gasteiger partial charge in [0.1, 0.15) is 5.82 Å². The molecule has 0 aliphatic carbocycles. The first-order valence-corrected chi connectivity index (χ1v) is 7.55. The van der Waals surface area contributed by atoms with Crippen LogP contribution in [0.5, 0.6) is 0 Å². The van der Waals surface area contributed by atoms with Crippen LogP contribution in [0.15, 0.2) is 60.8 Å². The monoisotopic (exact) mass is 350 g/mol. The molecule has 2 aromatic carbocycles. The van der Waals surface area contributed by atoms with Gasteiger partial charge in [0.05, 0.1) is 23.5 Å². The highest BCUT2D eigenvalue weighted by Gasteiger charge is 2.10. The number of nitrogens with one attached hydrogen (secondary N) is 2. The molecule has 0 bridgehead atoms. The van der Waals surface area contributed by atoms with Crippen LogP contribution in [-0.4, -0.2) is 10.9 Å². The summed E-state index contributed by atoms with van der Waals surface area (Å²) in [5, 5.41) is 14.4. The molecule has 26 heavy (non-hydrogen) atoms. The molecule has 0 atom stereocenters. The molecule has 0 fully saturated rings. The van der Waals surface area contributed by atoms with E-state index in [4.69, 9.17) is 5.26 Å². The lowest BCUT2D eigenvalue weighted by molar-refractivity contribution is 0.102. The van der Waals surface area contributed by atoms with Crippen LogP contribution in [0.25, 0.3) is 0 Å². The van der Waals surface area contributed by atoms with E-state index in [0.29, 0.717) is 11.3 Å². The minimum atomic E-state index is -1.09. The maximum Gasteiger partial charge on any atom is 0.256 e. The number of amides is 1. The van der Waals surface area contributed by atoms with Crippen molar-refractivity contribution < 1.29 is 13.6 Å². The number of benzene rings is 2. The van der Waals surface area contributed by atoms with E-state index in [1.165, 1.54) is 12.3 Å². The first-order valence-electron chi connectivity index (χ1n) is 7.55. The lowest BCUT2D eigenvalue weighted by atomic mass is 10.2. The van der Waals surface area contributed by atoms with Crippen LogP contribution in [0, 0.1) is 23.0 Å². The molecule has 0 aliphatic rings. The van der Waals surface area contributed by atoms with Crippen molar-refractivity contribution in [3.63, 3.8) is 0 Å². The molecule has 2 N–H and O–H groups in total. The fourth-order valence-corrected chi connectivity index (χ4v) is 2.16. The predicted molar refractivity (Wildman–Crippen MR) is 93.0 cm³/mol. The summed E-state index contributed by atoms with van der Waals surface area (Å²) >= 11 is 0. The topological polar surface area (TPSA) is 77.8 Å². The largest absolute Gasteiger partial charge is 0.354 e. The van der Waals surface area contributed by atoms with Gasteiger partial charge >= 0.3 is 0 Å². The van der Waals surface area contributed by atoms with E-state index >= 15 is 0 Å². The molecule has 3 rings (SSSR count). The Kier molecular flexibility index (Phi) is 4.85. The summed E-state index contributed by atoms with van der Waals surface area (Å²) in [5.74, 6) is -2.43. The number of carbonyl (C=O) groups excluding carboxylic acids is 1. The second-order valence-corrected chi connectivity index (χ2v) is 5.33. The van der Waals surface area contributed by atoms with Gasteiger partial charge in [0, 0.05) is 11.3 Å². The van der Waals surface area contributed by atoms with Gasteiger partial charge < -0.3 is 10.6 Å². The van der Waals surface area contributed by atoms with E-state index in [1.54, 1.807) is 36.4 Å². The Balaban J connectivity index is 1.66. The van der Waals surface area contributed by atoms with Gasteiger partial charge in [-0.25, -0.2) is 13.8 Å². The zero-order valence-electron chi connectivity index (χ0n) is 13.3. The first kappa shape index (κ1) is 17.0. The van der Waals surface area contributed by atoms with Crippen LogP contribution in [0.3, 0.4) is 0 Å². The summed E-state index contributed by atoms with van der Waals surface area (Å²) in [7, 11) is 0.